The van der Waals surface area contributed by atoms with Gasteiger partial charge in [0.25, 0.3) is 5.91 Å². The van der Waals surface area contributed by atoms with Crippen molar-refractivity contribution in [2.45, 2.75) is 44.1 Å². The largest absolute Gasteiger partial charge is 0.490 e. The second-order valence-corrected chi connectivity index (χ2v) is 8.83. The number of methoxy groups -OCH3 is 1. The Hall–Kier alpha value is -3.43. The molecule has 1 fully saturated rings. The molecular weight excluding hydrogens is 450 g/mol. The van der Waals surface area contributed by atoms with Crippen molar-refractivity contribution in [3.8, 4) is 5.75 Å². The summed E-state index contributed by atoms with van der Waals surface area (Å²) in [6.07, 6.45) is 1.04. The second-order valence-electron chi connectivity index (χ2n) is 8.83. The van der Waals surface area contributed by atoms with Crippen molar-refractivity contribution in [3.05, 3.63) is 59.7 Å². The van der Waals surface area contributed by atoms with Crippen LogP contribution in [0.25, 0.3) is 0 Å². The average molecular weight is 482 g/mol. The highest BCUT2D eigenvalue weighted by atomic mass is 16.5. The van der Waals surface area contributed by atoms with Crippen LogP contribution in [-0.4, -0.2) is 68.2 Å². The Balaban J connectivity index is 1.38. The zero-order valence-corrected chi connectivity index (χ0v) is 20.0. The lowest BCUT2D eigenvalue weighted by Crippen LogP contribution is -2.53. The number of amides is 3. The number of hydrogen-bond donors (Lipinski definition) is 2. The summed E-state index contributed by atoms with van der Waals surface area (Å²) in [4.78, 5) is 39.3. The van der Waals surface area contributed by atoms with E-state index >= 15 is 0 Å². The van der Waals surface area contributed by atoms with Crippen molar-refractivity contribution in [3.63, 3.8) is 0 Å². The number of ether oxygens (including phenoxy) is 3. The first-order valence-electron chi connectivity index (χ1n) is 11.7. The van der Waals surface area contributed by atoms with Gasteiger partial charge in [0.05, 0.1) is 24.1 Å². The highest BCUT2D eigenvalue weighted by molar-refractivity contribution is 6.00. The molecule has 2 N–H and O–H groups in total. The minimum Gasteiger partial charge on any atom is -0.490 e. The molecule has 0 aromatic heterocycles. The number of nitrogens with one attached hydrogen (secondary N) is 2. The van der Waals surface area contributed by atoms with Crippen LogP contribution >= 0.6 is 0 Å². The van der Waals surface area contributed by atoms with Crippen LogP contribution in [0.5, 0.6) is 5.75 Å². The topological polar surface area (TPSA) is 106 Å². The Morgan fingerprint density at radius 3 is 2.69 bits per heavy atom. The van der Waals surface area contributed by atoms with Crippen LogP contribution < -0.4 is 15.4 Å². The Bertz CT molecular complexity index is 1060. The van der Waals surface area contributed by atoms with E-state index < -0.39 is 0 Å². The van der Waals surface area contributed by atoms with Gasteiger partial charge in [-0.3, -0.25) is 14.4 Å². The second kappa shape index (κ2) is 11.3. The van der Waals surface area contributed by atoms with Crippen molar-refractivity contribution in [2.24, 2.45) is 0 Å². The fourth-order valence-electron chi connectivity index (χ4n) is 4.51. The maximum absolute atomic E-state index is 13.3. The van der Waals surface area contributed by atoms with Gasteiger partial charge in [0.2, 0.25) is 11.8 Å². The molecule has 3 amide bonds. The number of anilines is 1. The summed E-state index contributed by atoms with van der Waals surface area (Å²) < 4.78 is 17.0. The predicted molar refractivity (Wildman–Crippen MR) is 129 cm³/mol. The number of carbonyl (C=O) groups is 3. The van der Waals surface area contributed by atoms with Gasteiger partial charge in [-0.2, -0.15) is 0 Å². The predicted octanol–water partition coefficient (Wildman–Crippen LogP) is 2.36. The normalized spacial score (nSPS) is 21.6. The molecule has 2 aromatic carbocycles. The van der Waals surface area contributed by atoms with Gasteiger partial charge >= 0.3 is 0 Å². The molecule has 2 heterocycles. The monoisotopic (exact) mass is 481 g/mol. The van der Waals surface area contributed by atoms with E-state index in [1.807, 2.05) is 30.3 Å². The number of hydrogen-bond acceptors (Lipinski definition) is 6. The average Bonchev–Trinajstić information content (AvgIpc) is 2.86. The van der Waals surface area contributed by atoms with Gasteiger partial charge in [-0.25, -0.2) is 0 Å². The van der Waals surface area contributed by atoms with Crippen LogP contribution in [0, 0.1) is 0 Å². The summed E-state index contributed by atoms with van der Waals surface area (Å²) >= 11 is 0. The molecule has 3 atom stereocenters. The number of likely N-dealkylation sites (N-methyl/N-ethyl adjacent to an activating group) is 1. The molecule has 0 aliphatic carbocycles. The van der Waals surface area contributed by atoms with E-state index in [-0.39, 0.29) is 55.6 Å². The molecule has 0 spiro atoms. The molecular formula is C26H31N3O6. The summed E-state index contributed by atoms with van der Waals surface area (Å²) in [5.74, 6) is -0.155. The first-order chi connectivity index (χ1) is 16.9. The van der Waals surface area contributed by atoms with Gasteiger partial charge < -0.3 is 29.7 Å². The van der Waals surface area contributed by atoms with Crippen molar-refractivity contribution >= 4 is 23.4 Å². The third kappa shape index (κ3) is 6.17. The van der Waals surface area contributed by atoms with Gasteiger partial charge in [-0.1, -0.05) is 30.3 Å². The van der Waals surface area contributed by atoms with Crippen LogP contribution in [0.4, 0.5) is 5.69 Å². The number of rotatable bonds is 7. The van der Waals surface area contributed by atoms with Crippen molar-refractivity contribution in [1.29, 1.82) is 0 Å². The van der Waals surface area contributed by atoms with Crippen LogP contribution in [0.2, 0.25) is 0 Å². The molecule has 0 bridgehead atoms. The molecule has 35 heavy (non-hydrogen) atoms. The first-order valence-corrected chi connectivity index (χ1v) is 11.7. The maximum Gasteiger partial charge on any atom is 0.257 e. The molecule has 0 saturated carbocycles. The molecule has 2 aromatic rings. The minimum atomic E-state index is -0.348. The number of carbonyl (C=O) groups excluding carboxylic acids is 3. The first kappa shape index (κ1) is 24.7. The zero-order chi connectivity index (χ0) is 24.8. The van der Waals surface area contributed by atoms with E-state index in [2.05, 4.69) is 10.6 Å². The lowest BCUT2D eigenvalue weighted by atomic mass is 9.94. The molecule has 9 nitrogen and oxygen atoms in total. The smallest absolute Gasteiger partial charge is 0.257 e. The number of nitrogens with zero attached hydrogens (tertiary/aromatic N) is 1. The SMILES string of the molecule is COCC(=O)Nc1ccc2c(c1)C(=O)N(C)[C@@H]1CC[C@@H](CC(=O)NCc3ccccc3)O[C@H]1CO2. The van der Waals surface area contributed by atoms with Crippen molar-refractivity contribution in [1.82, 2.24) is 10.2 Å². The highest BCUT2D eigenvalue weighted by Crippen LogP contribution is 2.32. The van der Waals surface area contributed by atoms with Crippen LogP contribution in [0.1, 0.15) is 35.2 Å². The number of fused-ring (bicyclic) bond motifs is 2. The molecule has 0 unspecified atom stereocenters. The van der Waals surface area contributed by atoms with E-state index in [9.17, 15) is 14.4 Å². The molecule has 186 valence electrons. The third-order valence-electron chi connectivity index (χ3n) is 6.32. The van der Waals surface area contributed by atoms with Crippen molar-refractivity contribution < 1.29 is 28.6 Å². The highest BCUT2D eigenvalue weighted by Gasteiger charge is 2.39. The van der Waals surface area contributed by atoms with Gasteiger partial charge in [0.1, 0.15) is 25.1 Å². The molecule has 4 rings (SSSR count). The Labute approximate surface area is 204 Å². The quantitative estimate of drug-likeness (QED) is 0.629. The van der Waals surface area contributed by atoms with Gasteiger partial charge in [0, 0.05) is 26.4 Å². The zero-order valence-electron chi connectivity index (χ0n) is 20.0. The molecule has 9 heteroatoms. The van der Waals surface area contributed by atoms with Crippen molar-refractivity contribution in [2.75, 3.05) is 32.7 Å². The fourth-order valence-corrected chi connectivity index (χ4v) is 4.51. The summed E-state index contributed by atoms with van der Waals surface area (Å²) in [7, 11) is 3.19. The lowest BCUT2D eigenvalue weighted by molar-refractivity contribution is -0.134. The van der Waals surface area contributed by atoms with Gasteiger partial charge in [-0.05, 0) is 36.6 Å². The Kier molecular flexibility index (Phi) is 7.99. The van der Waals surface area contributed by atoms with Gasteiger partial charge in [0.15, 0.2) is 0 Å². The summed E-state index contributed by atoms with van der Waals surface area (Å²) in [5, 5.41) is 5.66. The molecule has 2 aliphatic heterocycles. The Morgan fingerprint density at radius 1 is 1.11 bits per heavy atom. The van der Waals surface area contributed by atoms with Crippen LogP contribution in [0.15, 0.2) is 48.5 Å². The standard InChI is InChI=1S/C26H31N3O6/c1-29-21-10-9-19(13-24(30)27-14-17-6-4-3-5-7-17)35-23(21)15-34-22-11-8-18(12-20(22)26(29)32)28-25(31)16-33-2/h3-8,11-12,19,21,23H,9-10,13-16H2,1-2H3,(H,27,30)(H,28,31)/t19-,21+,23-/m0/s1. The van der Waals surface area contributed by atoms with Gasteiger partial charge in [-0.15, -0.1) is 0 Å². The summed E-state index contributed by atoms with van der Waals surface area (Å²) in [6, 6.07) is 14.5. The Morgan fingerprint density at radius 2 is 1.91 bits per heavy atom. The van der Waals surface area contributed by atoms with Crippen LogP contribution in [-0.2, 0) is 25.6 Å². The minimum absolute atomic E-state index is 0.0677. The maximum atomic E-state index is 13.3. The molecule has 2 aliphatic rings. The fraction of sp³-hybridized carbons (Fsp3) is 0.423. The van der Waals surface area contributed by atoms with E-state index in [1.54, 1.807) is 30.1 Å². The van der Waals surface area contributed by atoms with E-state index in [0.29, 0.717) is 36.4 Å². The lowest BCUT2D eigenvalue weighted by Gasteiger charge is -2.42. The van der Waals surface area contributed by atoms with Crippen LogP contribution in [0.3, 0.4) is 0 Å². The molecule has 1 saturated heterocycles. The number of benzene rings is 2. The third-order valence-corrected chi connectivity index (χ3v) is 6.32. The van der Waals surface area contributed by atoms with E-state index in [1.165, 1.54) is 7.11 Å². The molecule has 0 radical (unpaired) electrons. The van der Waals surface area contributed by atoms with E-state index in [4.69, 9.17) is 14.2 Å². The summed E-state index contributed by atoms with van der Waals surface area (Å²) in [5.41, 5.74) is 1.91. The summed E-state index contributed by atoms with van der Waals surface area (Å²) in [6.45, 7) is 0.657. The van der Waals surface area contributed by atoms with E-state index in [0.717, 1.165) is 5.56 Å².